The van der Waals surface area contributed by atoms with Crippen molar-refractivity contribution in [3.05, 3.63) is 69.8 Å². The Balaban J connectivity index is 2.07. The van der Waals surface area contributed by atoms with Gasteiger partial charge in [0.25, 0.3) is 5.91 Å². The number of hydrogen-bond acceptors (Lipinski definition) is 4. The lowest BCUT2D eigenvalue weighted by Gasteiger charge is -2.22. The van der Waals surface area contributed by atoms with Crippen molar-refractivity contribution in [1.29, 1.82) is 5.26 Å². The van der Waals surface area contributed by atoms with Crippen molar-refractivity contribution in [2.45, 2.75) is 20.0 Å². The Labute approximate surface area is 175 Å². The van der Waals surface area contributed by atoms with Gasteiger partial charge in [0.05, 0.1) is 17.0 Å². The van der Waals surface area contributed by atoms with Crippen molar-refractivity contribution in [3.8, 4) is 6.07 Å². The fourth-order valence-corrected chi connectivity index (χ4v) is 3.98. The lowest BCUT2D eigenvalue weighted by molar-refractivity contribution is -0.137. The molecular weight excluding hydrogens is 415 g/mol. The van der Waals surface area contributed by atoms with E-state index < -0.39 is 34.8 Å². The largest absolute Gasteiger partial charge is 0.418 e. The van der Waals surface area contributed by atoms with E-state index in [1.807, 2.05) is 13.0 Å². The third kappa shape index (κ3) is 4.04. The molecule has 1 fully saturated rings. The van der Waals surface area contributed by atoms with Gasteiger partial charge in [-0.25, -0.2) is 0 Å². The van der Waals surface area contributed by atoms with Crippen molar-refractivity contribution in [3.63, 3.8) is 0 Å². The minimum Gasteiger partial charge on any atom is -0.321 e. The number of thioether (sulfide) groups is 1. The van der Waals surface area contributed by atoms with E-state index in [2.05, 4.69) is 5.32 Å². The molecule has 0 aromatic heterocycles. The van der Waals surface area contributed by atoms with E-state index in [1.54, 1.807) is 25.1 Å². The number of nitriles is 1. The molecule has 0 spiro atoms. The Hall–Kier alpha value is -3.25. The van der Waals surface area contributed by atoms with E-state index in [1.165, 1.54) is 12.1 Å². The molecule has 1 saturated heterocycles. The summed E-state index contributed by atoms with van der Waals surface area (Å²) in [5, 5.41) is 12.1. The van der Waals surface area contributed by atoms with Crippen LogP contribution >= 0.6 is 11.8 Å². The number of anilines is 2. The van der Waals surface area contributed by atoms with Gasteiger partial charge >= 0.3 is 6.18 Å². The standard InChI is InChI=1S/C21H16F3N3O2S/c1-12-6-5-8-16(13(12)2)26-19(29)14(10-25)20-27(18(28)11-30-20)17-9-4-3-7-15(17)21(22,23)24/h3-9H,11H2,1-2H3,(H,26,29)/b20-14-. The molecule has 154 valence electrons. The number of alkyl halides is 3. The molecule has 5 nitrogen and oxygen atoms in total. The van der Waals surface area contributed by atoms with Crippen LogP contribution in [0.3, 0.4) is 0 Å². The number of carbonyl (C=O) groups excluding carboxylic acids is 2. The van der Waals surface area contributed by atoms with Crippen LogP contribution in [-0.2, 0) is 15.8 Å². The highest BCUT2D eigenvalue weighted by molar-refractivity contribution is 8.04. The summed E-state index contributed by atoms with van der Waals surface area (Å²) in [5.74, 6) is -1.61. The third-order valence-electron chi connectivity index (χ3n) is 4.64. The predicted molar refractivity (Wildman–Crippen MR) is 109 cm³/mol. The van der Waals surface area contributed by atoms with Gasteiger partial charge in [-0.15, -0.1) is 0 Å². The molecule has 9 heteroatoms. The van der Waals surface area contributed by atoms with E-state index in [0.29, 0.717) is 5.69 Å². The Morgan fingerprint density at radius 1 is 1.17 bits per heavy atom. The molecule has 3 rings (SSSR count). The van der Waals surface area contributed by atoms with Crippen LogP contribution in [0.15, 0.2) is 53.1 Å². The molecule has 1 aliphatic rings. The quantitative estimate of drug-likeness (QED) is 0.561. The second-order valence-electron chi connectivity index (χ2n) is 6.53. The van der Waals surface area contributed by atoms with Gasteiger partial charge in [0.1, 0.15) is 16.7 Å². The van der Waals surface area contributed by atoms with Crippen molar-refractivity contribution in [2.24, 2.45) is 0 Å². The number of aryl methyl sites for hydroxylation is 1. The van der Waals surface area contributed by atoms with Gasteiger partial charge in [-0.2, -0.15) is 18.4 Å². The maximum absolute atomic E-state index is 13.5. The lowest BCUT2D eigenvalue weighted by Crippen LogP contribution is -2.29. The summed E-state index contributed by atoms with van der Waals surface area (Å²) >= 11 is 0.857. The van der Waals surface area contributed by atoms with Gasteiger partial charge in [-0.05, 0) is 43.2 Å². The Bertz CT molecular complexity index is 1100. The van der Waals surface area contributed by atoms with Crippen LogP contribution in [0.4, 0.5) is 24.5 Å². The molecule has 0 atom stereocenters. The predicted octanol–water partition coefficient (Wildman–Crippen LogP) is 4.78. The fourth-order valence-electron chi connectivity index (χ4n) is 2.98. The van der Waals surface area contributed by atoms with Crippen molar-refractivity contribution >= 4 is 35.0 Å². The van der Waals surface area contributed by atoms with Crippen molar-refractivity contribution < 1.29 is 22.8 Å². The average molecular weight is 431 g/mol. The number of amides is 2. The summed E-state index contributed by atoms with van der Waals surface area (Å²) in [7, 11) is 0. The monoisotopic (exact) mass is 431 g/mol. The first kappa shape index (κ1) is 21.5. The summed E-state index contributed by atoms with van der Waals surface area (Å²) in [5.41, 5.74) is 0.328. The zero-order chi connectivity index (χ0) is 22.1. The average Bonchev–Trinajstić information content (AvgIpc) is 3.06. The van der Waals surface area contributed by atoms with Gasteiger partial charge in [-0.1, -0.05) is 36.0 Å². The molecule has 2 aromatic rings. The molecule has 1 heterocycles. The van der Waals surface area contributed by atoms with E-state index in [4.69, 9.17) is 0 Å². The highest BCUT2D eigenvalue weighted by atomic mass is 32.2. The highest BCUT2D eigenvalue weighted by Gasteiger charge is 2.40. The zero-order valence-electron chi connectivity index (χ0n) is 16.0. The first-order valence-electron chi connectivity index (χ1n) is 8.79. The van der Waals surface area contributed by atoms with Gasteiger partial charge in [0.15, 0.2) is 0 Å². The number of carbonyl (C=O) groups is 2. The second-order valence-corrected chi connectivity index (χ2v) is 7.49. The Morgan fingerprint density at radius 3 is 2.53 bits per heavy atom. The second kappa shape index (κ2) is 8.24. The Morgan fingerprint density at radius 2 is 1.87 bits per heavy atom. The minimum absolute atomic E-state index is 0.123. The molecule has 2 amide bonds. The van der Waals surface area contributed by atoms with Crippen molar-refractivity contribution in [1.82, 2.24) is 0 Å². The smallest absolute Gasteiger partial charge is 0.321 e. The van der Waals surface area contributed by atoms with E-state index >= 15 is 0 Å². The fraction of sp³-hybridized carbons (Fsp3) is 0.190. The first-order valence-corrected chi connectivity index (χ1v) is 9.77. The van der Waals surface area contributed by atoms with Crippen LogP contribution in [0.25, 0.3) is 0 Å². The van der Waals surface area contributed by atoms with Crippen LogP contribution in [0.1, 0.15) is 16.7 Å². The van der Waals surface area contributed by atoms with Gasteiger partial charge in [0.2, 0.25) is 5.91 Å². The van der Waals surface area contributed by atoms with E-state index in [9.17, 15) is 28.0 Å². The van der Waals surface area contributed by atoms with Crippen LogP contribution in [0.5, 0.6) is 0 Å². The van der Waals surface area contributed by atoms with E-state index in [0.717, 1.165) is 39.9 Å². The number of para-hydroxylation sites is 1. The van der Waals surface area contributed by atoms with Gasteiger partial charge in [0, 0.05) is 5.69 Å². The summed E-state index contributed by atoms with van der Waals surface area (Å²) in [4.78, 5) is 26.0. The molecular formula is C21H16F3N3O2S. The van der Waals surface area contributed by atoms with Crippen LogP contribution < -0.4 is 10.2 Å². The first-order chi connectivity index (χ1) is 14.1. The molecule has 0 unspecified atom stereocenters. The molecule has 30 heavy (non-hydrogen) atoms. The Kier molecular flexibility index (Phi) is 5.89. The zero-order valence-corrected chi connectivity index (χ0v) is 16.8. The number of nitrogens with one attached hydrogen (secondary N) is 1. The number of benzene rings is 2. The summed E-state index contributed by atoms with van der Waals surface area (Å²) in [6.45, 7) is 3.65. The van der Waals surface area contributed by atoms with Crippen LogP contribution in [-0.4, -0.2) is 17.6 Å². The summed E-state index contributed by atoms with van der Waals surface area (Å²) in [6, 6.07) is 11.6. The lowest BCUT2D eigenvalue weighted by atomic mass is 10.1. The minimum atomic E-state index is -4.71. The highest BCUT2D eigenvalue weighted by Crippen LogP contribution is 2.42. The summed E-state index contributed by atoms with van der Waals surface area (Å²) < 4.78 is 40.4. The SMILES string of the molecule is Cc1cccc(NC(=O)/C(C#N)=C2\SCC(=O)N2c2ccccc2C(F)(F)F)c1C. The number of hydrogen-bond donors (Lipinski definition) is 1. The van der Waals surface area contributed by atoms with Gasteiger partial charge < -0.3 is 5.32 Å². The third-order valence-corrected chi connectivity index (χ3v) is 5.69. The number of rotatable bonds is 3. The normalized spacial score (nSPS) is 15.7. The summed E-state index contributed by atoms with van der Waals surface area (Å²) in [6.07, 6.45) is -4.71. The van der Waals surface area contributed by atoms with Crippen LogP contribution in [0.2, 0.25) is 0 Å². The molecule has 0 saturated carbocycles. The topological polar surface area (TPSA) is 73.2 Å². The molecule has 0 aliphatic carbocycles. The maximum atomic E-state index is 13.5. The molecule has 0 radical (unpaired) electrons. The number of nitrogens with zero attached hydrogens (tertiary/aromatic N) is 2. The van der Waals surface area contributed by atoms with Crippen LogP contribution in [0, 0.1) is 25.2 Å². The maximum Gasteiger partial charge on any atom is 0.418 e. The molecule has 2 aromatic carbocycles. The molecule has 0 bridgehead atoms. The van der Waals surface area contributed by atoms with E-state index in [-0.39, 0.29) is 10.8 Å². The van der Waals surface area contributed by atoms with Gasteiger partial charge in [-0.3, -0.25) is 14.5 Å². The number of halogens is 3. The van der Waals surface area contributed by atoms with Crippen molar-refractivity contribution in [2.75, 3.05) is 16.0 Å². The molecule has 1 N–H and O–H groups in total. The molecule has 1 aliphatic heterocycles.